The molecule has 3 aromatic carbocycles. The third kappa shape index (κ3) is 2.85. The highest BCUT2D eigenvalue weighted by atomic mass is 15.3. The third-order valence-electron chi connectivity index (χ3n) is 4.86. The Bertz CT molecular complexity index is 955. The summed E-state index contributed by atoms with van der Waals surface area (Å²) in [6.07, 6.45) is 2.28. The summed E-state index contributed by atoms with van der Waals surface area (Å²) < 4.78 is 2.35. The highest BCUT2D eigenvalue weighted by Gasteiger charge is 2.27. The topological polar surface area (TPSA) is 6.25 Å². The number of hydrogen-bond donors (Lipinski definition) is 0. The lowest BCUT2D eigenvalue weighted by atomic mass is 10.0. The van der Waals surface area contributed by atoms with Gasteiger partial charge in [-0.3, -0.25) is 4.90 Å². The monoisotopic (exact) mass is 327 g/mol. The molecule has 0 fully saturated rings. The molecule has 0 saturated heterocycles. The Morgan fingerprint density at radius 1 is 0.800 bits per heavy atom. The SMILES string of the molecule is Cc1ccc([N+]2=Cc3cccc(C)c3N(c3ccccc3)C2)c(C)c1. The molecular weight excluding hydrogens is 304 g/mol. The van der Waals surface area contributed by atoms with Crippen molar-refractivity contribution in [1.82, 2.24) is 0 Å². The molecule has 0 saturated carbocycles. The van der Waals surface area contributed by atoms with Crippen LogP contribution in [0.2, 0.25) is 0 Å². The van der Waals surface area contributed by atoms with Crippen molar-refractivity contribution in [2.45, 2.75) is 20.8 Å². The lowest BCUT2D eigenvalue weighted by Crippen LogP contribution is -2.32. The van der Waals surface area contributed by atoms with Crippen molar-refractivity contribution in [3.8, 4) is 0 Å². The summed E-state index contributed by atoms with van der Waals surface area (Å²) in [5.74, 6) is 0. The van der Waals surface area contributed by atoms with E-state index >= 15 is 0 Å². The second-order valence-electron chi connectivity index (χ2n) is 6.81. The van der Waals surface area contributed by atoms with Gasteiger partial charge in [-0.2, -0.15) is 4.58 Å². The Morgan fingerprint density at radius 2 is 1.60 bits per heavy atom. The Kier molecular flexibility index (Phi) is 3.89. The molecule has 1 heterocycles. The quantitative estimate of drug-likeness (QED) is 0.565. The zero-order chi connectivity index (χ0) is 17.4. The van der Waals surface area contributed by atoms with E-state index < -0.39 is 0 Å². The summed E-state index contributed by atoms with van der Waals surface area (Å²) in [4.78, 5) is 2.41. The highest BCUT2D eigenvalue weighted by Crippen LogP contribution is 2.35. The van der Waals surface area contributed by atoms with Gasteiger partial charge in [0.2, 0.25) is 12.4 Å². The van der Waals surface area contributed by atoms with E-state index in [1.165, 1.54) is 39.3 Å². The van der Waals surface area contributed by atoms with Gasteiger partial charge in [-0.1, -0.05) is 42.0 Å². The minimum atomic E-state index is 0.811. The molecule has 2 nitrogen and oxygen atoms in total. The van der Waals surface area contributed by atoms with Crippen molar-refractivity contribution in [2.75, 3.05) is 11.6 Å². The first-order valence-corrected chi connectivity index (χ1v) is 8.74. The van der Waals surface area contributed by atoms with Gasteiger partial charge in [0, 0.05) is 17.3 Å². The van der Waals surface area contributed by atoms with Gasteiger partial charge < -0.3 is 0 Å². The average Bonchev–Trinajstić information content (AvgIpc) is 2.62. The molecule has 0 bridgehead atoms. The van der Waals surface area contributed by atoms with Gasteiger partial charge >= 0.3 is 0 Å². The lowest BCUT2D eigenvalue weighted by Gasteiger charge is -2.29. The van der Waals surface area contributed by atoms with E-state index in [1.807, 2.05) is 0 Å². The largest absolute Gasteiger partial charge is 0.285 e. The van der Waals surface area contributed by atoms with Crippen molar-refractivity contribution in [3.05, 3.63) is 89.0 Å². The van der Waals surface area contributed by atoms with Gasteiger partial charge in [-0.25, -0.2) is 0 Å². The van der Waals surface area contributed by atoms with E-state index in [1.54, 1.807) is 0 Å². The maximum absolute atomic E-state index is 2.41. The fourth-order valence-electron chi connectivity index (χ4n) is 3.68. The first-order valence-electron chi connectivity index (χ1n) is 8.74. The fourth-order valence-corrected chi connectivity index (χ4v) is 3.68. The fraction of sp³-hybridized carbons (Fsp3) is 0.174. The van der Waals surface area contributed by atoms with Crippen LogP contribution in [0.4, 0.5) is 17.1 Å². The molecule has 0 aromatic heterocycles. The van der Waals surface area contributed by atoms with Crippen LogP contribution in [0.25, 0.3) is 0 Å². The van der Waals surface area contributed by atoms with Crippen LogP contribution >= 0.6 is 0 Å². The molecule has 25 heavy (non-hydrogen) atoms. The van der Waals surface area contributed by atoms with E-state index in [2.05, 4.69) is 103 Å². The molecule has 1 aliphatic heterocycles. The summed E-state index contributed by atoms with van der Waals surface area (Å²) in [7, 11) is 0. The summed E-state index contributed by atoms with van der Waals surface area (Å²) in [6.45, 7) is 7.33. The molecule has 0 N–H and O–H groups in total. The lowest BCUT2D eigenvalue weighted by molar-refractivity contribution is -0.434. The second-order valence-corrected chi connectivity index (χ2v) is 6.81. The maximum Gasteiger partial charge on any atom is 0.228 e. The Labute approximate surface area is 149 Å². The van der Waals surface area contributed by atoms with E-state index in [-0.39, 0.29) is 0 Å². The number of hydrogen-bond acceptors (Lipinski definition) is 1. The van der Waals surface area contributed by atoms with Crippen molar-refractivity contribution >= 4 is 23.3 Å². The molecule has 0 amide bonds. The van der Waals surface area contributed by atoms with Crippen LogP contribution in [0.15, 0.2) is 66.7 Å². The summed E-state index contributed by atoms with van der Waals surface area (Å²) in [5.41, 5.74) is 8.96. The number of anilines is 2. The molecule has 124 valence electrons. The van der Waals surface area contributed by atoms with Crippen molar-refractivity contribution in [2.24, 2.45) is 0 Å². The highest BCUT2D eigenvalue weighted by molar-refractivity contribution is 5.90. The molecule has 3 aromatic rings. The van der Waals surface area contributed by atoms with E-state index in [0.717, 1.165) is 6.67 Å². The standard InChI is InChI=1S/C23H23N2/c1-17-12-13-22(19(3)14-17)24-15-20-9-7-8-18(2)23(20)25(16-24)21-10-5-4-6-11-21/h4-15H,16H2,1-3H3/q+1. The molecular formula is C23H23N2+. The first-order chi connectivity index (χ1) is 12.1. The Morgan fingerprint density at radius 3 is 2.36 bits per heavy atom. The number of fused-ring (bicyclic) bond motifs is 1. The number of para-hydroxylation sites is 2. The van der Waals surface area contributed by atoms with Crippen LogP contribution in [0.5, 0.6) is 0 Å². The first kappa shape index (κ1) is 15.6. The molecule has 0 spiro atoms. The van der Waals surface area contributed by atoms with Gasteiger partial charge in [0.1, 0.15) is 0 Å². The van der Waals surface area contributed by atoms with E-state index in [0.29, 0.717) is 0 Å². The molecule has 2 heteroatoms. The predicted octanol–water partition coefficient (Wildman–Crippen LogP) is 5.48. The van der Waals surface area contributed by atoms with Gasteiger partial charge in [0.15, 0.2) is 6.21 Å². The minimum Gasteiger partial charge on any atom is -0.285 e. The summed E-state index contributed by atoms with van der Waals surface area (Å²) in [6, 6.07) is 23.8. The van der Waals surface area contributed by atoms with Crippen LogP contribution in [0, 0.1) is 20.8 Å². The van der Waals surface area contributed by atoms with E-state index in [9.17, 15) is 0 Å². The summed E-state index contributed by atoms with van der Waals surface area (Å²) in [5, 5.41) is 0. The van der Waals surface area contributed by atoms with E-state index in [4.69, 9.17) is 0 Å². The molecule has 4 rings (SSSR count). The zero-order valence-corrected chi connectivity index (χ0v) is 15.0. The average molecular weight is 327 g/mol. The number of benzene rings is 3. The van der Waals surface area contributed by atoms with Gasteiger partial charge in [-0.15, -0.1) is 0 Å². The van der Waals surface area contributed by atoms with Gasteiger partial charge in [0.25, 0.3) is 0 Å². The Balaban J connectivity index is 1.89. The predicted molar refractivity (Wildman–Crippen MR) is 106 cm³/mol. The van der Waals surface area contributed by atoms with Crippen LogP contribution in [0.1, 0.15) is 22.3 Å². The minimum absolute atomic E-state index is 0.811. The Hall–Kier alpha value is -2.87. The van der Waals surface area contributed by atoms with Crippen LogP contribution in [-0.2, 0) is 0 Å². The molecule has 0 radical (unpaired) electrons. The number of aryl methyl sites for hydroxylation is 3. The molecule has 0 atom stereocenters. The van der Waals surface area contributed by atoms with Gasteiger partial charge in [-0.05, 0) is 50.6 Å². The molecule has 0 unspecified atom stereocenters. The molecule has 1 aliphatic rings. The van der Waals surface area contributed by atoms with Gasteiger partial charge in [0.05, 0.1) is 11.3 Å². The number of nitrogens with zero attached hydrogens (tertiary/aromatic N) is 2. The normalized spacial score (nSPS) is 13.4. The second kappa shape index (κ2) is 6.21. The molecule has 0 aliphatic carbocycles. The van der Waals surface area contributed by atoms with Crippen molar-refractivity contribution < 1.29 is 4.58 Å². The maximum atomic E-state index is 2.41. The third-order valence-corrected chi connectivity index (χ3v) is 4.86. The van der Waals surface area contributed by atoms with Crippen LogP contribution < -0.4 is 4.90 Å². The summed E-state index contributed by atoms with van der Waals surface area (Å²) >= 11 is 0. The van der Waals surface area contributed by atoms with Crippen molar-refractivity contribution in [1.29, 1.82) is 0 Å². The van der Waals surface area contributed by atoms with Crippen LogP contribution in [0.3, 0.4) is 0 Å². The number of rotatable bonds is 2. The zero-order valence-electron chi connectivity index (χ0n) is 15.0. The van der Waals surface area contributed by atoms with Crippen LogP contribution in [-0.4, -0.2) is 17.5 Å². The smallest absolute Gasteiger partial charge is 0.228 e. The van der Waals surface area contributed by atoms with Crippen molar-refractivity contribution in [3.63, 3.8) is 0 Å².